The average molecular weight is 329 g/mol. The minimum Gasteiger partial charge on any atom is -0.454 e. The second-order valence-corrected chi connectivity index (χ2v) is 6.05. The number of aryl methyl sites for hydroxylation is 1. The number of nitrogens with zero attached hydrogens (tertiary/aromatic N) is 3. The van der Waals surface area contributed by atoms with Gasteiger partial charge in [0.2, 0.25) is 6.79 Å². The number of aromatic nitrogens is 3. The van der Waals surface area contributed by atoms with Crippen LogP contribution in [0.1, 0.15) is 5.56 Å². The molecule has 1 aliphatic rings. The van der Waals surface area contributed by atoms with Crippen molar-refractivity contribution in [1.29, 1.82) is 0 Å². The van der Waals surface area contributed by atoms with Gasteiger partial charge in [-0.15, -0.1) is 10.2 Å². The average Bonchev–Trinajstić information content (AvgIpc) is 3.27. The molecule has 25 heavy (non-hydrogen) atoms. The van der Waals surface area contributed by atoms with Crippen molar-refractivity contribution in [3.63, 3.8) is 0 Å². The lowest BCUT2D eigenvalue weighted by Gasteiger charge is -2.07. The van der Waals surface area contributed by atoms with Gasteiger partial charge in [0.25, 0.3) is 0 Å². The predicted molar refractivity (Wildman–Crippen MR) is 94.7 cm³/mol. The zero-order valence-electron chi connectivity index (χ0n) is 13.6. The Morgan fingerprint density at radius 3 is 2.64 bits per heavy atom. The van der Waals surface area contributed by atoms with Crippen LogP contribution in [0.25, 0.3) is 28.2 Å². The zero-order chi connectivity index (χ0) is 16.8. The smallest absolute Gasteiger partial charge is 0.231 e. The van der Waals surface area contributed by atoms with Crippen LogP contribution in [0, 0.1) is 6.92 Å². The van der Waals surface area contributed by atoms with Crippen LogP contribution < -0.4 is 9.47 Å². The monoisotopic (exact) mass is 329 g/mol. The van der Waals surface area contributed by atoms with E-state index in [0.717, 1.165) is 34.1 Å². The Bertz CT molecular complexity index is 1100. The second-order valence-electron chi connectivity index (χ2n) is 6.05. The molecule has 1 aliphatic heterocycles. The van der Waals surface area contributed by atoms with Crippen molar-refractivity contribution < 1.29 is 9.47 Å². The summed E-state index contributed by atoms with van der Waals surface area (Å²) in [6.45, 7) is 2.38. The molecule has 2 aromatic heterocycles. The summed E-state index contributed by atoms with van der Waals surface area (Å²) in [6, 6.07) is 18.2. The van der Waals surface area contributed by atoms with Crippen LogP contribution in [0.3, 0.4) is 0 Å². The molecule has 0 fully saturated rings. The van der Waals surface area contributed by atoms with E-state index in [2.05, 4.69) is 47.6 Å². The zero-order valence-corrected chi connectivity index (χ0v) is 13.6. The van der Waals surface area contributed by atoms with Crippen molar-refractivity contribution in [2.24, 2.45) is 0 Å². The van der Waals surface area contributed by atoms with Crippen LogP contribution in [0.15, 0.2) is 60.8 Å². The Morgan fingerprint density at radius 2 is 1.72 bits per heavy atom. The Balaban J connectivity index is 1.67. The van der Waals surface area contributed by atoms with Gasteiger partial charge in [0, 0.05) is 11.8 Å². The van der Waals surface area contributed by atoms with Gasteiger partial charge in [-0.05, 0) is 53.9 Å². The molecule has 0 unspecified atom stereocenters. The third-order valence-corrected chi connectivity index (χ3v) is 4.49. The van der Waals surface area contributed by atoms with E-state index in [0.29, 0.717) is 0 Å². The maximum absolute atomic E-state index is 5.48. The Kier molecular flexibility index (Phi) is 3.00. The van der Waals surface area contributed by atoms with Gasteiger partial charge >= 0.3 is 0 Å². The Morgan fingerprint density at radius 1 is 0.880 bits per heavy atom. The van der Waals surface area contributed by atoms with Crippen molar-refractivity contribution in [3.05, 3.63) is 66.4 Å². The van der Waals surface area contributed by atoms with E-state index in [1.165, 1.54) is 11.1 Å². The van der Waals surface area contributed by atoms with Crippen LogP contribution in [0.2, 0.25) is 0 Å². The molecule has 4 aromatic rings. The number of rotatable bonds is 2. The molecule has 0 N–H and O–H groups in total. The van der Waals surface area contributed by atoms with Gasteiger partial charge in [-0.1, -0.05) is 24.3 Å². The second kappa shape index (κ2) is 5.34. The molecular formula is C20H15N3O2. The highest BCUT2D eigenvalue weighted by molar-refractivity contribution is 5.70. The highest BCUT2D eigenvalue weighted by atomic mass is 16.7. The summed E-state index contributed by atoms with van der Waals surface area (Å²) in [7, 11) is 0. The predicted octanol–water partition coefficient (Wildman–Crippen LogP) is 4.10. The maximum atomic E-state index is 5.48. The maximum Gasteiger partial charge on any atom is 0.231 e. The molecule has 3 heterocycles. The number of pyridine rings is 1. The van der Waals surface area contributed by atoms with Crippen LogP contribution >= 0.6 is 0 Å². The van der Waals surface area contributed by atoms with E-state index in [9.17, 15) is 0 Å². The molecule has 0 spiro atoms. The number of hydrogen-bond acceptors (Lipinski definition) is 4. The van der Waals surface area contributed by atoms with Crippen LogP contribution in [-0.4, -0.2) is 21.4 Å². The van der Waals surface area contributed by atoms with Crippen molar-refractivity contribution in [3.8, 4) is 34.0 Å². The Labute approximate surface area is 144 Å². The number of ether oxygens (including phenoxy) is 2. The van der Waals surface area contributed by atoms with E-state index in [1.54, 1.807) is 0 Å². The van der Waals surface area contributed by atoms with E-state index < -0.39 is 0 Å². The fraction of sp³-hybridized carbons (Fsp3) is 0.100. The summed E-state index contributed by atoms with van der Waals surface area (Å²) in [4.78, 5) is 0. The first-order valence-electron chi connectivity index (χ1n) is 8.10. The van der Waals surface area contributed by atoms with E-state index in [-0.39, 0.29) is 6.79 Å². The fourth-order valence-corrected chi connectivity index (χ4v) is 3.18. The van der Waals surface area contributed by atoms with Gasteiger partial charge in [0.1, 0.15) is 0 Å². The van der Waals surface area contributed by atoms with Crippen molar-refractivity contribution in [2.75, 3.05) is 6.79 Å². The molecule has 0 amide bonds. The largest absolute Gasteiger partial charge is 0.454 e. The molecule has 5 nitrogen and oxygen atoms in total. The molecule has 2 aromatic carbocycles. The quantitative estimate of drug-likeness (QED) is 0.555. The topological polar surface area (TPSA) is 48.7 Å². The van der Waals surface area contributed by atoms with Gasteiger partial charge in [-0.25, -0.2) is 0 Å². The first-order chi connectivity index (χ1) is 12.3. The summed E-state index contributed by atoms with van der Waals surface area (Å²) < 4.78 is 12.9. The summed E-state index contributed by atoms with van der Waals surface area (Å²) >= 11 is 0. The van der Waals surface area contributed by atoms with Gasteiger partial charge in [0.15, 0.2) is 23.0 Å². The Hall–Kier alpha value is -3.34. The minimum atomic E-state index is 0.261. The molecule has 5 heteroatoms. The van der Waals surface area contributed by atoms with Crippen molar-refractivity contribution in [2.45, 2.75) is 6.92 Å². The first-order valence-corrected chi connectivity index (χ1v) is 8.10. The minimum absolute atomic E-state index is 0.261. The first kappa shape index (κ1) is 14.0. The lowest BCUT2D eigenvalue weighted by Crippen LogP contribution is -1.93. The van der Waals surface area contributed by atoms with Gasteiger partial charge in [-0.3, -0.25) is 4.40 Å². The summed E-state index contributed by atoms with van der Waals surface area (Å²) in [5, 5.41) is 8.65. The van der Waals surface area contributed by atoms with Crippen LogP contribution in [0.5, 0.6) is 11.5 Å². The van der Waals surface area contributed by atoms with Gasteiger partial charge < -0.3 is 9.47 Å². The normalized spacial score (nSPS) is 12.7. The molecule has 5 rings (SSSR count). The molecule has 0 radical (unpaired) electrons. The molecule has 0 bridgehead atoms. The molecular weight excluding hydrogens is 314 g/mol. The van der Waals surface area contributed by atoms with Gasteiger partial charge in [0.05, 0.1) is 0 Å². The summed E-state index contributed by atoms with van der Waals surface area (Å²) in [5.41, 5.74) is 5.32. The molecule has 0 atom stereocenters. The van der Waals surface area contributed by atoms with Gasteiger partial charge in [-0.2, -0.15) is 0 Å². The fourth-order valence-electron chi connectivity index (χ4n) is 3.18. The molecule has 122 valence electrons. The van der Waals surface area contributed by atoms with Crippen LogP contribution in [0.4, 0.5) is 0 Å². The lowest BCUT2D eigenvalue weighted by atomic mass is 10.0. The van der Waals surface area contributed by atoms with E-state index >= 15 is 0 Å². The van der Waals surface area contributed by atoms with Crippen molar-refractivity contribution >= 4 is 5.65 Å². The van der Waals surface area contributed by atoms with E-state index in [1.807, 2.05) is 34.7 Å². The van der Waals surface area contributed by atoms with Crippen LogP contribution in [-0.2, 0) is 0 Å². The molecule has 0 saturated heterocycles. The molecule has 0 saturated carbocycles. The van der Waals surface area contributed by atoms with Crippen molar-refractivity contribution in [1.82, 2.24) is 14.6 Å². The third kappa shape index (κ3) is 2.24. The number of hydrogen-bond donors (Lipinski definition) is 0. The number of fused-ring (bicyclic) bond motifs is 2. The summed E-state index contributed by atoms with van der Waals surface area (Å²) in [5.74, 6) is 2.28. The SMILES string of the molecule is Cc1ccccc1-c1ccc2nnc(-c3ccc4c(c3)OCO4)n2c1. The number of benzene rings is 2. The highest BCUT2D eigenvalue weighted by Gasteiger charge is 2.16. The third-order valence-electron chi connectivity index (χ3n) is 4.49. The summed E-state index contributed by atoms with van der Waals surface area (Å²) in [6.07, 6.45) is 2.08. The lowest BCUT2D eigenvalue weighted by molar-refractivity contribution is 0.174. The molecule has 0 aliphatic carbocycles. The highest BCUT2D eigenvalue weighted by Crippen LogP contribution is 2.35. The van der Waals surface area contributed by atoms with E-state index in [4.69, 9.17) is 9.47 Å². The standard InChI is InChI=1S/C20H15N3O2/c1-13-4-2-3-5-16(13)15-7-9-19-21-22-20(23(19)11-15)14-6-8-17-18(10-14)25-12-24-17/h2-11H,12H2,1H3.